The highest BCUT2D eigenvalue weighted by atomic mass is 16.3. The highest BCUT2D eigenvalue weighted by molar-refractivity contribution is 6.05. The number of H-pyrrole nitrogens is 1. The minimum atomic E-state index is -0.255. The Hall–Kier alpha value is -2.73. The van der Waals surface area contributed by atoms with Crippen LogP contribution < -0.4 is 5.32 Å². The zero-order valence-corrected chi connectivity index (χ0v) is 14.6. The van der Waals surface area contributed by atoms with Crippen LogP contribution in [0.25, 0.3) is 11.0 Å². The molecule has 1 saturated carbocycles. The normalized spacial score (nSPS) is 20.5. The Morgan fingerprint density at radius 3 is 2.81 bits per heavy atom. The fourth-order valence-electron chi connectivity index (χ4n) is 3.65. The van der Waals surface area contributed by atoms with Gasteiger partial charge in [0, 0.05) is 18.4 Å². The molecule has 134 valence electrons. The summed E-state index contributed by atoms with van der Waals surface area (Å²) in [7, 11) is 0. The first-order chi connectivity index (χ1) is 12.6. The Labute approximate surface area is 151 Å². The molecular weight excluding hydrogens is 328 g/mol. The number of nitrogens with one attached hydrogen (secondary N) is 2. The maximum atomic E-state index is 13.0. The number of pyridine rings is 1. The Bertz CT molecular complexity index is 916. The highest BCUT2D eigenvalue weighted by Gasteiger charge is 2.35. The van der Waals surface area contributed by atoms with E-state index in [1.54, 1.807) is 18.5 Å². The fraction of sp³-hybridized carbons (Fsp3) is 0.350. The molecule has 0 radical (unpaired) electrons. The lowest BCUT2D eigenvalue weighted by atomic mass is 9.75. The fourth-order valence-corrected chi connectivity index (χ4v) is 3.65. The number of carbonyl (C=O) groups is 1. The Morgan fingerprint density at radius 1 is 1.31 bits per heavy atom. The lowest BCUT2D eigenvalue weighted by Gasteiger charge is -2.38. The predicted molar refractivity (Wildman–Crippen MR) is 98.8 cm³/mol. The van der Waals surface area contributed by atoms with E-state index < -0.39 is 0 Å². The number of benzene rings is 1. The van der Waals surface area contributed by atoms with Gasteiger partial charge in [0.15, 0.2) is 0 Å². The van der Waals surface area contributed by atoms with Gasteiger partial charge in [-0.25, -0.2) is 4.98 Å². The number of para-hydroxylation sites is 1. The van der Waals surface area contributed by atoms with Crippen molar-refractivity contribution in [3.05, 3.63) is 59.7 Å². The summed E-state index contributed by atoms with van der Waals surface area (Å²) < 4.78 is 0. The van der Waals surface area contributed by atoms with Crippen LogP contribution in [0.2, 0.25) is 0 Å². The van der Waals surface area contributed by atoms with Gasteiger partial charge in [0.25, 0.3) is 5.91 Å². The van der Waals surface area contributed by atoms with Crippen LogP contribution in [0, 0.1) is 12.8 Å². The van der Waals surface area contributed by atoms with Crippen molar-refractivity contribution in [3.63, 3.8) is 0 Å². The molecule has 2 heterocycles. The number of aromatic nitrogens is 3. The minimum absolute atomic E-state index is 0.0244. The zero-order chi connectivity index (χ0) is 18.1. The number of aliphatic hydroxyl groups is 1. The van der Waals surface area contributed by atoms with Crippen LogP contribution in [0.1, 0.15) is 34.6 Å². The van der Waals surface area contributed by atoms with Crippen molar-refractivity contribution in [2.45, 2.75) is 38.3 Å². The number of amides is 1. The largest absolute Gasteiger partial charge is 0.393 e. The van der Waals surface area contributed by atoms with Crippen LogP contribution in [0.15, 0.2) is 42.7 Å². The first-order valence-electron chi connectivity index (χ1n) is 8.93. The summed E-state index contributed by atoms with van der Waals surface area (Å²) >= 11 is 0. The minimum Gasteiger partial charge on any atom is -0.393 e. The molecule has 0 aliphatic heterocycles. The van der Waals surface area contributed by atoms with Crippen molar-refractivity contribution in [1.29, 1.82) is 0 Å². The molecule has 6 nitrogen and oxygen atoms in total. The van der Waals surface area contributed by atoms with Gasteiger partial charge in [-0.15, -0.1) is 0 Å². The van der Waals surface area contributed by atoms with Crippen molar-refractivity contribution in [2.75, 3.05) is 0 Å². The lowest BCUT2D eigenvalue weighted by molar-refractivity contribution is 0.0239. The summed E-state index contributed by atoms with van der Waals surface area (Å²) in [6.07, 6.45) is 5.44. The maximum absolute atomic E-state index is 13.0. The molecule has 1 fully saturated rings. The smallest absolute Gasteiger partial charge is 0.253 e. The molecule has 1 aliphatic carbocycles. The van der Waals surface area contributed by atoms with Crippen molar-refractivity contribution in [2.24, 2.45) is 5.92 Å². The summed E-state index contributed by atoms with van der Waals surface area (Å²) in [5, 5.41) is 12.9. The highest BCUT2D eigenvalue weighted by Crippen LogP contribution is 2.32. The van der Waals surface area contributed by atoms with Gasteiger partial charge in [-0.05, 0) is 61.9 Å². The maximum Gasteiger partial charge on any atom is 0.253 e. The van der Waals surface area contributed by atoms with Crippen molar-refractivity contribution in [3.8, 4) is 0 Å². The number of nitrogens with zero attached hydrogens (tertiary/aromatic N) is 2. The Balaban J connectivity index is 1.57. The van der Waals surface area contributed by atoms with E-state index in [0.717, 1.165) is 36.2 Å². The molecule has 1 atom stereocenters. The van der Waals surface area contributed by atoms with Crippen LogP contribution >= 0.6 is 0 Å². The van der Waals surface area contributed by atoms with Gasteiger partial charge in [-0.1, -0.05) is 6.07 Å². The monoisotopic (exact) mass is 350 g/mol. The van der Waals surface area contributed by atoms with E-state index >= 15 is 0 Å². The third-order valence-corrected chi connectivity index (χ3v) is 5.12. The topological polar surface area (TPSA) is 90.9 Å². The van der Waals surface area contributed by atoms with Gasteiger partial charge in [0.05, 0.1) is 17.2 Å². The van der Waals surface area contributed by atoms with Crippen LogP contribution in [-0.2, 0) is 6.42 Å². The number of aromatic amines is 1. The summed E-state index contributed by atoms with van der Waals surface area (Å²) in [6.45, 7) is 1.88. The van der Waals surface area contributed by atoms with E-state index in [4.69, 9.17) is 0 Å². The molecule has 26 heavy (non-hydrogen) atoms. The number of fused-ring (bicyclic) bond motifs is 1. The van der Waals surface area contributed by atoms with Crippen LogP contribution in [0.4, 0.5) is 0 Å². The van der Waals surface area contributed by atoms with E-state index in [-0.39, 0.29) is 24.0 Å². The molecule has 0 spiro atoms. The number of rotatable bonds is 5. The molecule has 3 aromatic rings. The second-order valence-electron chi connectivity index (χ2n) is 7.05. The average Bonchev–Trinajstić information content (AvgIpc) is 2.99. The molecule has 3 N–H and O–H groups in total. The predicted octanol–water partition coefficient (Wildman–Crippen LogP) is 2.38. The molecule has 6 heteroatoms. The van der Waals surface area contributed by atoms with Gasteiger partial charge in [-0.3, -0.25) is 9.78 Å². The van der Waals surface area contributed by atoms with E-state index in [1.807, 2.05) is 31.2 Å². The number of imidazole rings is 1. The molecule has 0 saturated heterocycles. The van der Waals surface area contributed by atoms with Crippen molar-refractivity contribution >= 4 is 16.9 Å². The van der Waals surface area contributed by atoms with Gasteiger partial charge >= 0.3 is 0 Å². The molecule has 4 rings (SSSR count). The lowest BCUT2D eigenvalue weighted by Crippen LogP contribution is -2.48. The first kappa shape index (κ1) is 16.7. The van der Waals surface area contributed by atoms with E-state index in [0.29, 0.717) is 11.1 Å². The third-order valence-electron chi connectivity index (χ3n) is 5.12. The molecule has 0 bridgehead atoms. The van der Waals surface area contributed by atoms with Crippen molar-refractivity contribution in [1.82, 2.24) is 20.3 Å². The number of aliphatic hydroxyl groups excluding tert-OH is 1. The SMILES string of the molecule is Cc1nc2c(C(=O)NC(Cc3ccncc3)C3CC(O)C3)cccc2[nH]1. The first-order valence-corrected chi connectivity index (χ1v) is 8.93. The summed E-state index contributed by atoms with van der Waals surface area (Å²) in [6, 6.07) is 9.49. The number of hydrogen-bond acceptors (Lipinski definition) is 4. The standard InChI is InChI=1S/C20H22N4O2/c1-12-22-17-4-2-3-16(19(17)23-12)20(26)24-18(14-10-15(25)11-14)9-13-5-7-21-8-6-13/h2-8,14-15,18,25H,9-11H2,1H3,(H,22,23)(H,24,26). The quantitative estimate of drug-likeness (QED) is 0.659. The second-order valence-corrected chi connectivity index (χ2v) is 7.05. The Morgan fingerprint density at radius 2 is 2.08 bits per heavy atom. The summed E-state index contributed by atoms with van der Waals surface area (Å²) in [5.74, 6) is 0.945. The van der Waals surface area contributed by atoms with Gasteiger partial charge in [0.2, 0.25) is 0 Å². The summed E-state index contributed by atoms with van der Waals surface area (Å²) in [4.78, 5) is 24.6. The van der Waals surface area contributed by atoms with E-state index in [9.17, 15) is 9.90 Å². The molecular formula is C20H22N4O2. The van der Waals surface area contributed by atoms with E-state index in [2.05, 4.69) is 20.3 Å². The van der Waals surface area contributed by atoms with E-state index in [1.165, 1.54) is 0 Å². The molecule has 1 unspecified atom stereocenters. The number of aryl methyl sites for hydroxylation is 1. The van der Waals surface area contributed by atoms with Crippen molar-refractivity contribution < 1.29 is 9.90 Å². The van der Waals surface area contributed by atoms with Gasteiger partial charge in [-0.2, -0.15) is 0 Å². The molecule has 2 aromatic heterocycles. The molecule has 1 aromatic carbocycles. The Kier molecular flexibility index (Phi) is 4.42. The summed E-state index contributed by atoms with van der Waals surface area (Å²) in [5.41, 5.74) is 3.26. The molecule has 1 amide bonds. The van der Waals surface area contributed by atoms with Gasteiger partial charge in [0.1, 0.15) is 11.3 Å². The third kappa shape index (κ3) is 3.32. The van der Waals surface area contributed by atoms with Crippen LogP contribution in [0.3, 0.4) is 0 Å². The zero-order valence-electron chi connectivity index (χ0n) is 14.6. The average molecular weight is 350 g/mol. The van der Waals surface area contributed by atoms with Gasteiger partial charge < -0.3 is 15.4 Å². The molecule has 1 aliphatic rings. The van der Waals surface area contributed by atoms with Crippen LogP contribution in [0.5, 0.6) is 0 Å². The van der Waals surface area contributed by atoms with Crippen LogP contribution in [-0.4, -0.2) is 38.1 Å². The number of carbonyl (C=O) groups excluding carboxylic acids is 1. The number of hydrogen-bond donors (Lipinski definition) is 3. The second kappa shape index (κ2) is 6.88.